The molecule has 1 aliphatic rings. The van der Waals surface area contributed by atoms with Gasteiger partial charge in [0, 0.05) is 31.3 Å². The number of aryl methyl sites for hydroxylation is 1. The molecule has 2 aromatic rings. The molecule has 0 aromatic carbocycles. The predicted octanol–water partition coefficient (Wildman–Crippen LogP) is 1.85. The third-order valence-corrected chi connectivity index (χ3v) is 4.33. The summed E-state index contributed by atoms with van der Waals surface area (Å²) >= 11 is 0. The van der Waals surface area contributed by atoms with Gasteiger partial charge >= 0.3 is 0 Å². The van der Waals surface area contributed by atoms with Crippen LogP contribution in [-0.4, -0.2) is 33.2 Å². The zero-order chi connectivity index (χ0) is 14.8. The van der Waals surface area contributed by atoms with E-state index in [2.05, 4.69) is 10.3 Å². The van der Waals surface area contributed by atoms with Gasteiger partial charge in [0.25, 0.3) is 5.91 Å². The first-order chi connectivity index (χ1) is 10.2. The van der Waals surface area contributed by atoms with E-state index in [1.807, 2.05) is 29.9 Å². The Morgan fingerprint density at radius 3 is 3.10 bits per heavy atom. The maximum Gasteiger partial charge on any atom is 0.270 e. The summed E-state index contributed by atoms with van der Waals surface area (Å²) in [5.74, 6) is 0.189. The summed E-state index contributed by atoms with van der Waals surface area (Å²) in [4.78, 5) is 16.8. The van der Waals surface area contributed by atoms with Gasteiger partial charge in [-0.25, -0.2) is 4.98 Å². The Bertz CT molecular complexity index is 650. The molecule has 3 rings (SSSR count). The normalized spacial score (nSPS) is 22.4. The minimum atomic E-state index is -0.123. The topological polar surface area (TPSA) is 67.2 Å². The number of nitrogens with zero attached hydrogens (tertiary/aromatic N) is 2. The van der Waals surface area contributed by atoms with Crippen LogP contribution in [0.15, 0.2) is 24.4 Å². The van der Waals surface area contributed by atoms with Crippen LogP contribution in [0.4, 0.5) is 0 Å². The molecule has 2 aromatic heterocycles. The second-order valence-corrected chi connectivity index (χ2v) is 5.92. The first-order valence-electron chi connectivity index (χ1n) is 7.51. The number of hydrogen-bond donors (Lipinski definition) is 2. The molecule has 0 unspecified atom stereocenters. The highest BCUT2D eigenvalue weighted by atomic mass is 16.3. The van der Waals surface area contributed by atoms with Gasteiger partial charge in [-0.2, -0.15) is 0 Å². The number of rotatable bonds is 3. The second-order valence-electron chi connectivity index (χ2n) is 5.92. The highest BCUT2D eigenvalue weighted by molar-refractivity contribution is 5.94. The lowest BCUT2D eigenvalue weighted by atomic mass is 9.86. The van der Waals surface area contributed by atoms with Crippen molar-refractivity contribution in [1.29, 1.82) is 0 Å². The van der Waals surface area contributed by atoms with Crippen molar-refractivity contribution < 1.29 is 9.90 Å². The van der Waals surface area contributed by atoms with Crippen molar-refractivity contribution in [2.45, 2.75) is 31.7 Å². The van der Waals surface area contributed by atoms with Crippen LogP contribution >= 0.6 is 0 Å². The molecule has 2 atom stereocenters. The highest BCUT2D eigenvalue weighted by Gasteiger charge is 2.23. The van der Waals surface area contributed by atoms with Crippen molar-refractivity contribution >= 4 is 16.9 Å². The van der Waals surface area contributed by atoms with E-state index in [4.69, 9.17) is 0 Å². The number of pyridine rings is 1. The lowest BCUT2D eigenvalue weighted by Crippen LogP contribution is -2.39. The first kappa shape index (κ1) is 14.1. The summed E-state index contributed by atoms with van der Waals surface area (Å²) in [6, 6.07) is 5.82. The molecule has 0 aliphatic heterocycles. The maximum absolute atomic E-state index is 12.3. The minimum Gasteiger partial charge on any atom is -0.396 e. The van der Waals surface area contributed by atoms with E-state index in [-0.39, 0.29) is 18.6 Å². The lowest BCUT2D eigenvalue weighted by Gasteiger charge is -2.28. The van der Waals surface area contributed by atoms with Crippen LogP contribution in [0.5, 0.6) is 0 Å². The Kier molecular flexibility index (Phi) is 3.92. The van der Waals surface area contributed by atoms with Crippen molar-refractivity contribution in [1.82, 2.24) is 14.9 Å². The zero-order valence-electron chi connectivity index (χ0n) is 12.2. The van der Waals surface area contributed by atoms with Crippen molar-refractivity contribution in [3.8, 4) is 0 Å². The molecule has 2 N–H and O–H groups in total. The summed E-state index contributed by atoms with van der Waals surface area (Å²) in [6.07, 6.45) is 5.88. The Hall–Kier alpha value is -1.88. The molecular formula is C16H21N3O2. The molecule has 2 heterocycles. The Morgan fingerprint density at radius 1 is 1.43 bits per heavy atom. The summed E-state index contributed by atoms with van der Waals surface area (Å²) in [5, 5.41) is 13.3. The fourth-order valence-electron chi connectivity index (χ4n) is 3.11. The third kappa shape index (κ3) is 2.93. The van der Waals surface area contributed by atoms with E-state index < -0.39 is 0 Å². The number of hydrogen-bond acceptors (Lipinski definition) is 3. The van der Waals surface area contributed by atoms with Crippen LogP contribution in [-0.2, 0) is 7.05 Å². The van der Waals surface area contributed by atoms with Crippen molar-refractivity contribution in [2.24, 2.45) is 13.0 Å². The SMILES string of the molecule is Cn1ccc2ccc(C(=O)N[C@@H]3CCC[C@@H](CO)C3)nc21. The Balaban J connectivity index is 1.72. The smallest absolute Gasteiger partial charge is 0.270 e. The average molecular weight is 287 g/mol. The largest absolute Gasteiger partial charge is 0.396 e. The van der Waals surface area contributed by atoms with Crippen molar-refractivity contribution in [2.75, 3.05) is 6.61 Å². The summed E-state index contributed by atoms with van der Waals surface area (Å²) in [6.45, 7) is 0.208. The predicted molar refractivity (Wildman–Crippen MR) is 81.0 cm³/mol. The van der Waals surface area contributed by atoms with E-state index in [9.17, 15) is 9.90 Å². The Morgan fingerprint density at radius 2 is 2.29 bits per heavy atom. The van der Waals surface area contributed by atoms with Gasteiger partial charge in [-0.3, -0.25) is 4.79 Å². The molecule has 112 valence electrons. The van der Waals surface area contributed by atoms with Crippen LogP contribution in [0.1, 0.15) is 36.2 Å². The van der Waals surface area contributed by atoms with Gasteiger partial charge in [-0.1, -0.05) is 6.42 Å². The molecule has 5 nitrogen and oxygen atoms in total. The number of amides is 1. The average Bonchev–Trinajstić information content (AvgIpc) is 2.88. The molecule has 1 amide bonds. The van der Waals surface area contributed by atoms with Gasteiger partial charge in [0.05, 0.1) is 0 Å². The Labute approximate surface area is 124 Å². The van der Waals surface area contributed by atoms with Gasteiger partial charge in [0.1, 0.15) is 11.3 Å². The number of aliphatic hydroxyl groups excluding tert-OH is 1. The number of aliphatic hydroxyl groups is 1. The lowest BCUT2D eigenvalue weighted by molar-refractivity contribution is 0.0901. The van der Waals surface area contributed by atoms with Crippen LogP contribution in [0.2, 0.25) is 0 Å². The number of carbonyl (C=O) groups excluding carboxylic acids is 1. The molecule has 0 spiro atoms. The van der Waals surface area contributed by atoms with Crippen LogP contribution < -0.4 is 5.32 Å². The van der Waals surface area contributed by atoms with Crippen LogP contribution in [0.3, 0.4) is 0 Å². The van der Waals surface area contributed by atoms with Gasteiger partial charge in [-0.05, 0) is 43.4 Å². The molecule has 1 saturated carbocycles. The van der Waals surface area contributed by atoms with E-state index in [0.29, 0.717) is 11.6 Å². The number of aromatic nitrogens is 2. The zero-order valence-corrected chi connectivity index (χ0v) is 12.2. The van der Waals surface area contributed by atoms with Crippen molar-refractivity contribution in [3.05, 3.63) is 30.1 Å². The van der Waals surface area contributed by atoms with E-state index in [1.165, 1.54) is 0 Å². The molecule has 0 saturated heterocycles. The van der Waals surface area contributed by atoms with E-state index in [0.717, 1.165) is 36.7 Å². The number of nitrogens with one attached hydrogen (secondary N) is 1. The quantitative estimate of drug-likeness (QED) is 0.905. The monoisotopic (exact) mass is 287 g/mol. The first-order valence-corrected chi connectivity index (χ1v) is 7.51. The highest BCUT2D eigenvalue weighted by Crippen LogP contribution is 2.24. The minimum absolute atomic E-state index is 0.123. The van der Waals surface area contributed by atoms with Gasteiger partial charge in [-0.15, -0.1) is 0 Å². The van der Waals surface area contributed by atoms with E-state index in [1.54, 1.807) is 6.07 Å². The molecule has 0 radical (unpaired) electrons. The second kappa shape index (κ2) is 5.85. The molecule has 1 aliphatic carbocycles. The summed E-state index contributed by atoms with van der Waals surface area (Å²) in [7, 11) is 1.92. The summed E-state index contributed by atoms with van der Waals surface area (Å²) < 4.78 is 1.91. The number of carbonyl (C=O) groups is 1. The fraction of sp³-hybridized carbons (Fsp3) is 0.500. The molecule has 0 bridgehead atoms. The van der Waals surface area contributed by atoms with E-state index >= 15 is 0 Å². The van der Waals surface area contributed by atoms with Gasteiger partial charge in [0.15, 0.2) is 0 Å². The number of fused-ring (bicyclic) bond motifs is 1. The molecule has 1 fully saturated rings. The van der Waals surface area contributed by atoms with Crippen LogP contribution in [0, 0.1) is 5.92 Å². The molecule has 5 heteroatoms. The van der Waals surface area contributed by atoms with Gasteiger partial charge in [0.2, 0.25) is 0 Å². The fourth-order valence-corrected chi connectivity index (χ4v) is 3.11. The van der Waals surface area contributed by atoms with Crippen molar-refractivity contribution in [3.63, 3.8) is 0 Å². The molecule has 21 heavy (non-hydrogen) atoms. The molecular weight excluding hydrogens is 266 g/mol. The van der Waals surface area contributed by atoms with Gasteiger partial charge < -0.3 is 15.0 Å². The maximum atomic E-state index is 12.3. The summed E-state index contributed by atoms with van der Waals surface area (Å²) in [5.41, 5.74) is 1.27. The standard InChI is InChI=1S/C16H21N3O2/c1-19-8-7-12-5-6-14(18-15(12)19)16(21)17-13-4-2-3-11(9-13)10-20/h5-8,11,13,20H,2-4,9-10H2,1H3,(H,17,21)/t11-,13-/m1/s1. The third-order valence-electron chi connectivity index (χ3n) is 4.33. The van der Waals surface area contributed by atoms with Crippen LogP contribution in [0.25, 0.3) is 11.0 Å².